The van der Waals surface area contributed by atoms with Gasteiger partial charge in [0.1, 0.15) is 12.4 Å². The zero-order valence-electron chi connectivity index (χ0n) is 10.1. The van der Waals surface area contributed by atoms with Crippen LogP contribution < -0.4 is 5.32 Å². The van der Waals surface area contributed by atoms with Crippen molar-refractivity contribution in [2.75, 3.05) is 5.32 Å². The Morgan fingerprint density at radius 3 is 3.17 bits per heavy atom. The number of unbranched alkanes of at least 4 members (excludes halogenated alkanes) is 1. The highest BCUT2D eigenvalue weighted by Crippen LogP contribution is 2.13. The number of carbonyl (C=O) groups is 1. The Hall–Kier alpha value is -2.18. The quantitative estimate of drug-likeness (QED) is 0.798. The minimum Gasteiger partial charge on any atom is -0.480 e. The standard InChI is InChI=1S/C11H15N5O2/c1-2-3-4-8(11(17)18)14-9-10-15-13-7-16(10)6-5-12-9/h5-8H,2-4H2,1H3,(H,12,14)(H,17,18). The number of carboxylic acid groups (broad SMARTS) is 1. The predicted octanol–water partition coefficient (Wildman–Crippen LogP) is 1.18. The molecule has 7 nitrogen and oxygen atoms in total. The second-order valence-corrected chi connectivity index (χ2v) is 4.02. The molecule has 2 aromatic rings. The summed E-state index contributed by atoms with van der Waals surface area (Å²) < 4.78 is 1.69. The molecule has 0 spiro atoms. The Morgan fingerprint density at radius 1 is 1.61 bits per heavy atom. The summed E-state index contributed by atoms with van der Waals surface area (Å²) in [7, 11) is 0. The molecule has 0 aliphatic rings. The van der Waals surface area contributed by atoms with Crippen molar-refractivity contribution in [2.45, 2.75) is 32.2 Å². The van der Waals surface area contributed by atoms with Gasteiger partial charge in [-0.15, -0.1) is 10.2 Å². The molecule has 1 atom stereocenters. The van der Waals surface area contributed by atoms with Crippen LogP contribution in [0.4, 0.5) is 5.82 Å². The molecule has 2 heterocycles. The van der Waals surface area contributed by atoms with E-state index in [1.807, 2.05) is 6.92 Å². The van der Waals surface area contributed by atoms with Crippen LogP contribution in [0.2, 0.25) is 0 Å². The van der Waals surface area contributed by atoms with E-state index < -0.39 is 12.0 Å². The number of hydrogen-bond acceptors (Lipinski definition) is 5. The first-order valence-corrected chi connectivity index (χ1v) is 5.86. The summed E-state index contributed by atoms with van der Waals surface area (Å²) in [5.41, 5.74) is 0.528. The average molecular weight is 249 g/mol. The van der Waals surface area contributed by atoms with E-state index in [4.69, 9.17) is 5.11 Å². The number of fused-ring (bicyclic) bond motifs is 1. The molecule has 18 heavy (non-hydrogen) atoms. The largest absolute Gasteiger partial charge is 0.480 e. The van der Waals surface area contributed by atoms with E-state index in [1.54, 1.807) is 23.1 Å². The van der Waals surface area contributed by atoms with Crippen LogP contribution in [0.25, 0.3) is 5.65 Å². The smallest absolute Gasteiger partial charge is 0.326 e. The van der Waals surface area contributed by atoms with E-state index in [2.05, 4.69) is 20.5 Å². The number of carboxylic acids is 1. The lowest BCUT2D eigenvalue weighted by molar-refractivity contribution is -0.138. The Bertz CT molecular complexity index is 539. The number of hydrogen-bond donors (Lipinski definition) is 2. The number of aromatic nitrogens is 4. The van der Waals surface area contributed by atoms with E-state index in [-0.39, 0.29) is 0 Å². The van der Waals surface area contributed by atoms with Gasteiger partial charge in [-0.2, -0.15) is 0 Å². The third-order valence-electron chi connectivity index (χ3n) is 2.67. The zero-order chi connectivity index (χ0) is 13.0. The topological polar surface area (TPSA) is 92.4 Å². The molecule has 2 aromatic heterocycles. The van der Waals surface area contributed by atoms with Gasteiger partial charge >= 0.3 is 5.97 Å². The second-order valence-electron chi connectivity index (χ2n) is 4.02. The summed E-state index contributed by atoms with van der Waals surface area (Å²) in [6, 6.07) is -0.652. The van der Waals surface area contributed by atoms with Gasteiger partial charge in [-0.25, -0.2) is 9.78 Å². The lowest BCUT2D eigenvalue weighted by Gasteiger charge is -2.14. The van der Waals surface area contributed by atoms with Gasteiger partial charge in [0.15, 0.2) is 5.82 Å². The van der Waals surface area contributed by atoms with Crippen LogP contribution in [0.15, 0.2) is 18.7 Å². The van der Waals surface area contributed by atoms with Gasteiger partial charge in [-0.3, -0.25) is 4.40 Å². The predicted molar refractivity (Wildman–Crippen MR) is 65.4 cm³/mol. The van der Waals surface area contributed by atoms with Crippen molar-refractivity contribution in [2.24, 2.45) is 0 Å². The molecule has 7 heteroatoms. The molecule has 0 saturated carbocycles. The maximum absolute atomic E-state index is 11.2. The zero-order valence-corrected chi connectivity index (χ0v) is 10.1. The van der Waals surface area contributed by atoms with E-state index in [0.717, 1.165) is 12.8 Å². The summed E-state index contributed by atoms with van der Waals surface area (Å²) in [5.74, 6) is -0.440. The van der Waals surface area contributed by atoms with E-state index in [1.165, 1.54) is 0 Å². The van der Waals surface area contributed by atoms with Gasteiger partial charge < -0.3 is 10.4 Å². The van der Waals surface area contributed by atoms with Crippen LogP contribution in [0.1, 0.15) is 26.2 Å². The highest BCUT2D eigenvalue weighted by atomic mass is 16.4. The lowest BCUT2D eigenvalue weighted by atomic mass is 10.1. The molecule has 2 N–H and O–H groups in total. The second kappa shape index (κ2) is 5.44. The monoisotopic (exact) mass is 249 g/mol. The minimum atomic E-state index is -0.883. The van der Waals surface area contributed by atoms with Gasteiger partial charge in [0, 0.05) is 12.4 Å². The highest BCUT2D eigenvalue weighted by molar-refractivity contribution is 5.78. The number of anilines is 1. The third kappa shape index (κ3) is 2.55. The summed E-state index contributed by atoms with van der Waals surface area (Å²) in [6.45, 7) is 2.02. The summed E-state index contributed by atoms with van der Waals surface area (Å²) in [5, 5.41) is 19.7. The van der Waals surface area contributed by atoms with Crippen LogP contribution >= 0.6 is 0 Å². The van der Waals surface area contributed by atoms with Gasteiger partial charge in [0.25, 0.3) is 0 Å². The van der Waals surface area contributed by atoms with Crippen molar-refractivity contribution in [1.82, 2.24) is 19.6 Å². The van der Waals surface area contributed by atoms with Crippen LogP contribution in [-0.4, -0.2) is 36.7 Å². The van der Waals surface area contributed by atoms with E-state index in [9.17, 15) is 4.79 Å². The minimum absolute atomic E-state index is 0.443. The van der Waals surface area contributed by atoms with Crippen molar-refractivity contribution in [3.8, 4) is 0 Å². The Morgan fingerprint density at radius 2 is 2.44 bits per heavy atom. The molecule has 0 amide bonds. The number of nitrogens with one attached hydrogen (secondary N) is 1. The SMILES string of the molecule is CCCCC(Nc1nccn2cnnc12)C(=O)O. The van der Waals surface area contributed by atoms with Crippen LogP contribution in [0.3, 0.4) is 0 Å². The first-order valence-electron chi connectivity index (χ1n) is 5.86. The number of nitrogens with zero attached hydrogens (tertiary/aromatic N) is 4. The highest BCUT2D eigenvalue weighted by Gasteiger charge is 2.18. The van der Waals surface area contributed by atoms with Crippen LogP contribution in [0, 0.1) is 0 Å². The lowest BCUT2D eigenvalue weighted by Crippen LogP contribution is -2.29. The first kappa shape index (κ1) is 12.3. The van der Waals surface area contributed by atoms with Gasteiger partial charge in [-0.05, 0) is 6.42 Å². The first-order chi connectivity index (χ1) is 8.72. The van der Waals surface area contributed by atoms with Crippen molar-refractivity contribution in [1.29, 1.82) is 0 Å². The molecule has 0 aromatic carbocycles. The Kier molecular flexibility index (Phi) is 3.71. The van der Waals surface area contributed by atoms with Gasteiger partial charge in [0.2, 0.25) is 5.65 Å². The molecule has 0 fully saturated rings. The molecule has 0 saturated heterocycles. The molecule has 1 unspecified atom stereocenters. The van der Waals surface area contributed by atoms with Crippen molar-refractivity contribution < 1.29 is 9.90 Å². The van der Waals surface area contributed by atoms with Crippen molar-refractivity contribution in [3.63, 3.8) is 0 Å². The summed E-state index contributed by atoms with van der Waals surface area (Å²) in [4.78, 5) is 15.3. The van der Waals surface area contributed by atoms with Gasteiger partial charge in [-0.1, -0.05) is 19.8 Å². The molecule has 0 radical (unpaired) electrons. The normalized spacial score (nSPS) is 12.5. The Labute approximate surface area is 104 Å². The van der Waals surface area contributed by atoms with E-state index in [0.29, 0.717) is 17.9 Å². The van der Waals surface area contributed by atoms with Gasteiger partial charge in [0.05, 0.1) is 0 Å². The fraction of sp³-hybridized carbons (Fsp3) is 0.455. The number of rotatable bonds is 6. The van der Waals surface area contributed by atoms with E-state index >= 15 is 0 Å². The number of aliphatic carboxylic acids is 1. The molecule has 2 rings (SSSR count). The van der Waals surface area contributed by atoms with Crippen LogP contribution in [0.5, 0.6) is 0 Å². The third-order valence-corrected chi connectivity index (χ3v) is 2.67. The summed E-state index contributed by atoms with van der Waals surface area (Å²) in [6.07, 6.45) is 7.19. The molecule has 96 valence electrons. The van der Waals surface area contributed by atoms with Crippen molar-refractivity contribution >= 4 is 17.4 Å². The molecular formula is C11H15N5O2. The average Bonchev–Trinajstić information content (AvgIpc) is 2.83. The van der Waals surface area contributed by atoms with Crippen molar-refractivity contribution in [3.05, 3.63) is 18.7 Å². The summed E-state index contributed by atoms with van der Waals surface area (Å²) >= 11 is 0. The maximum Gasteiger partial charge on any atom is 0.326 e. The molecule has 0 aliphatic carbocycles. The van der Waals surface area contributed by atoms with Crippen LogP contribution in [-0.2, 0) is 4.79 Å². The fourth-order valence-corrected chi connectivity index (χ4v) is 1.69. The molecule has 0 aliphatic heterocycles. The fourth-order valence-electron chi connectivity index (χ4n) is 1.69. The Balaban J connectivity index is 2.20. The molecular weight excluding hydrogens is 234 g/mol. The maximum atomic E-state index is 11.2. The molecule has 0 bridgehead atoms.